The van der Waals surface area contributed by atoms with E-state index in [-0.39, 0.29) is 24.8 Å². The van der Waals surface area contributed by atoms with Gasteiger partial charge in [-0.15, -0.1) is 5.10 Å². The molecule has 0 fully saturated rings. The Morgan fingerprint density at radius 2 is 1.84 bits per heavy atom. The number of carbonyl (C=O) groups excluding carboxylic acids is 3. The van der Waals surface area contributed by atoms with E-state index in [0.29, 0.717) is 34.3 Å². The maximum Gasteiger partial charge on any atom is 0.306 e. The molecule has 2 heterocycles. The second-order valence-electron chi connectivity index (χ2n) is 8.51. The highest BCUT2D eigenvalue weighted by molar-refractivity contribution is 6.26. The SMILES string of the molecule is Cn1nnnc1-c1cc2c3c(cccc3c1)C(=O)N(CCCC(=O)OC(C)(C)C)C2=O. The van der Waals surface area contributed by atoms with Gasteiger partial charge in [-0.3, -0.25) is 19.3 Å². The fourth-order valence-corrected chi connectivity index (χ4v) is 3.74. The van der Waals surface area contributed by atoms with Gasteiger partial charge in [-0.2, -0.15) is 0 Å². The summed E-state index contributed by atoms with van der Waals surface area (Å²) in [6.07, 6.45) is 0.445. The molecule has 0 saturated heterocycles. The van der Waals surface area contributed by atoms with Crippen molar-refractivity contribution < 1.29 is 19.1 Å². The molecule has 0 radical (unpaired) electrons. The Morgan fingerprint density at radius 3 is 2.52 bits per heavy atom. The van der Waals surface area contributed by atoms with Crippen LogP contribution in [0.1, 0.15) is 54.3 Å². The van der Waals surface area contributed by atoms with Crippen LogP contribution in [0.4, 0.5) is 0 Å². The number of amides is 2. The lowest BCUT2D eigenvalue weighted by Gasteiger charge is -2.27. The van der Waals surface area contributed by atoms with Crippen LogP contribution < -0.4 is 0 Å². The van der Waals surface area contributed by atoms with Gasteiger partial charge < -0.3 is 4.74 Å². The summed E-state index contributed by atoms with van der Waals surface area (Å²) in [7, 11) is 1.72. The topological polar surface area (TPSA) is 107 Å². The monoisotopic (exact) mass is 421 g/mol. The second kappa shape index (κ2) is 7.57. The van der Waals surface area contributed by atoms with Gasteiger partial charge in [-0.25, -0.2) is 4.68 Å². The van der Waals surface area contributed by atoms with E-state index in [1.54, 1.807) is 46.0 Å². The third-order valence-electron chi connectivity index (χ3n) is 4.99. The summed E-state index contributed by atoms with van der Waals surface area (Å²) >= 11 is 0. The van der Waals surface area contributed by atoms with Crippen LogP contribution in [0.5, 0.6) is 0 Å². The van der Waals surface area contributed by atoms with Crippen LogP contribution in [0.3, 0.4) is 0 Å². The number of tetrazole rings is 1. The Bertz CT molecular complexity index is 1210. The molecule has 9 nitrogen and oxygen atoms in total. The lowest BCUT2D eigenvalue weighted by atomic mass is 9.92. The zero-order valence-corrected chi connectivity index (χ0v) is 17.9. The van der Waals surface area contributed by atoms with E-state index in [9.17, 15) is 14.4 Å². The molecule has 0 unspecified atom stereocenters. The third kappa shape index (κ3) is 3.90. The largest absolute Gasteiger partial charge is 0.460 e. The van der Waals surface area contributed by atoms with Crippen molar-refractivity contribution >= 4 is 28.6 Å². The lowest BCUT2D eigenvalue weighted by molar-refractivity contribution is -0.154. The van der Waals surface area contributed by atoms with Crippen molar-refractivity contribution in [2.24, 2.45) is 7.05 Å². The van der Waals surface area contributed by atoms with E-state index in [1.807, 2.05) is 12.1 Å². The Hall–Kier alpha value is -3.62. The first-order valence-electron chi connectivity index (χ1n) is 10.0. The Kier molecular flexibility index (Phi) is 5.04. The normalized spacial score (nSPS) is 13.7. The van der Waals surface area contributed by atoms with Crippen LogP contribution in [0.25, 0.3) is 22.2 Å². The van der Waals surface area contributed by atoms with Crippen LogP contribution in [0.15, 0.2) is 30.3 Å². The van der Waals surface area contributed by atoms with E-state index >= 15 is 0 Å². The maximum absolute atomic E-state index is 13.3. The van der Waals surface area contributed by atoms with Gasteiger partial charge in [0.25, 0.3) is 11.8 Å². The van der Waals surface area contributed by atoms with Gasteiger partial charge in [0.1, 0.15) is 5.60 Å². The molecule has 0 N–H and O–H groups in total. The zero-order chi connectivity index (χ0) is 22.3. The zero-order valence-electron chi connectivity index (χ0n) is 17.9. The molecule has 1 aliphatic heterocycles. The van der Waals surface area contributed by atoms with Crippen molar-refractivity contribution in [1.82, 2.24) is 25.1 Å². The Labute approximate surface area is 179 Å². The minimum Gasteiger partial charge on any atom is -0.460 e. The standard InChI is InChI=1S/C22H23N5O4/c1-22(2,3)31-17(28)9-6-10-27-20(29)15-8-5-7-13-11-14(19-23-24-25-26(19)4)12-16(18(13)15)21(27)30/h5,7-8,11-12H,6,9-10H2,1-4H3. The number of imide groups is 1. The molecule has 31 heavy (non-hydrogen) atoms. The summed E-state index contributed by atoms with van der Waals surface area (Å²) < 4.78 is 6.83. The highest BCUT2D eigenvalue weighted by atomic mass is 16.6. The summed E-state index contributed by atoms with van der Waals surface area (Å²) in [5.41, 5.74) is 0.992. The van der Waals surface area contributed by atoms with Crippen molar-refractivity contribution in [3.8, 4) is 11.4 Å². The van der Waals surface area contributed by atoms with Crippen LogP contribution in [-0.4, -0.2) is 55.0 Å². The summed E-state index contributed by atoms with van der Waals surface area (Å²) in [6.45, 7) is 5.52. The number of hydrogen-bond acceptors (Lipinski definition) is 7. The predicted molar refractivity (Wildman–Crippen MR) is 112 cm³/mol. The molecular weight excluding hydrogens is 398 g/mol. The number of carbonyl (C=O) groups is 3. The van der Waals surface area contributed by atoms with Crippen LogP contribution >= 0.6 is 0 Å². The molecule has 9 heteroatoms. The van der Waals surface area contributed by atoms with Gasteiger partial charge in [-0.05, 0) is 61.2 Å². The molecule has 0 bridgehead atoms. The van der Waals surface area contributed by atoms with Gasteiger partial charge in [0.15, 0.2) is 5.82 Å². The van der Waals surface area contributed by atoms with E-state index in [4.69, 9.17) is 4.74 Å². The van der Waals surface area contributed by atoms with Gasteiger partial charge in [0.05, 0.1) is 0 Å². The summed E-state index contributed by atoms with van der Waals surface area (Å²) in [5.74, 6) is -0.594. The number of ether oxygens (including phenoxy) is 1. The summed E-state index contributed by atoms with van der Waals surface area (Å²) in [6, 6.07) is 8.94. The fraction of sp³-hybridized carbons (Fsp3) is 0.364. The van der Waals surface area contributed by atoms with Gasteiger partial charge in [0.2, 0.25) is 0 Å². The molecule has 0 aliphatic carbocycles. The van der Waals surface area contributed by atoms with Gasteiger partial charge in [-0.1, -0.05) is 12.1 Å². The van der Waals surface area contributed by atoms with Crippen LogP contribution in [-0.2, 0) is 16.6 Å². The molecule has 1 aromatic heterocycles. The molecule has 0 atom stereocenters. The number of aryl methyl sites for hydroxylation is 1. The second-order valence-corrected chi connectivity index (χ2v) is 8.51. The van der Waals surface area contributed by atoms with Crippen molar-refractivity contribution in [3.05, 3.63) is 41.5 Å². The third-order valence-corrected chi connectivity index (χ3v) is 4.99. The molecule has 3 aromatic rings. The number of rotatable bonds is 5. The van der Waals surface area contributed by atoms with Crippen molar-refractivity contribution in [3.63, 3.8) is 0 Å². The first-order valence-corrected chi connectivity index (χ1v) is 10.0. The lowest BCUT2D eigenvalue weighted by Crippen LogP contribution is -2.41. The highest BCUT2D eigenvalue weighted by Gasteiger charge is 2.33. The number of hydrogen-bond donors (Lipinski definition) is 0. The summed E-state index contributed by atoms with van der Waals surface area (Å²) in [4.78, 5) is 39.5. The number of nitrogens with zero attached hydrogens (tertiary/aromatic N) is 5. The Morgan fingerprint density at radius 1 is 1.10 bits per heavy atom. The van der Waals surface area contributed by atoms with Gasteiger partial charge in [0, 0.05) is 42.1 Å². The molecule has 1 aliphatic rings. The molecule has 0 spiro atoms. The molecule has 160 valence electrons. The average Bonchev–Trinajstić information content (AvgIpc) is 3.12. The highest BCUT2D eigenvalue weighted by Crippen LogP contribution is 2.33. The van der Waals surface area contributed by atoms with Gasteiger partial charge >= 0.3 is 5.97 Å². The minimum atomic E-state index is -0.576. The van der Waals surface area contributed by atoms with E-state index in [0.717, 1.165) is 5.39 Å². The number of esters is 1. The minimum absolute atomic E-state index is 0.121. The molecular formula is C22H23N5O4. The van der Waals surface area contributed by atoms with E-state index < -0.39 is 11.5 Å². The van der Waals surface area contributed by atoms with E-state index in [2.05, 4.69) is 15.5 Å². The first kappa shape index (κ1) is 20.6. The maximum atomic E-state index is 13.3. The molecule has 2 aromatic carbocycles. The number of aromatic nitrogens is 4. The smallest absolute Gasteiger partial charge is 0.306 e. The summed E-state index contributed by atoms with van der Waals surface area (Å²) in [5, 5.41) is 12.9. The fourth-order valence-electron chi connectivity index (χ4n) is 3.74. The van der Waals surface area contributed by atoms with Crippen LogP contribution in [0, 0.1) is 0 Å². The predicted octanol–water partition coefficient (Wildman–Crippen LogP) is 2.75. The quantitative estimate of drug-likeness (QED) is 0.460. The van der Waals surface area contributed by atoms with Crippen molar-refractivity contribution in [2.45, 2.75) is 39.2 Å². The first-order chi connectivity index (χ1) is 14.7. The Balaban J connectivity index is 1.64. The van der Waals surface area contributed by atoms with Crippen molar-refractivity contribution in [2.75, 3.05) is 6.54 Å². The van der Waals surface area contributed by atoms with E-state index in [1.165, 1.54) is 9.58 Å². The molecule has 0 saturated carbocycles. The number of benzene rings is 2. The molecule has 2 amide bonds. The average molecular weight is 421 g/mol. The van der Waals surface area contributed by atoms with Crippen LogP contribution in [0.2, 0.25) is 0 Å². The molecule has 4 rings (SSSR count). The van der Waals surface area contributed by atoms with Crippen molar-refractivity contribution in [1.29, 1.82) is 0 Å².